The van der Waals surface area contributed by atoms with Crippen molar-refractivity contribution >= 4 is 17.6 Å². The van der Waals surface area contributed by atoms with E-state index >= 15 is 0 Å². The highest BCUT2D eigenvalue weighted by Crippen LogP contribution is 2.14. The summed E-state index contributed by atoms with van der Waals surface area (Å²) in [4.78, 5) is 15.6. The molecule has 6 heteroatoms. The first-order valence-electron chi connectivity index (χ1n) is 5.74. The minimum Gasteiger partial charge on any atom is -0.460 e. The molecule has 2 aromatic rings. The van der Waals surface area contributed by atoms with E-state index in [1.165, 1.54) is 0 Å². The Hall–Kier alpha value is -1.88. The lowest BCUT2D eigenvalue weighted by molar-refractivity contribution is -0.144. The molecule has 19 heavy (non-hydrogen) atoms. The zero-order chi connectivity index (χ0) is 13.8. The topological polar surface area (TPSA) is 65.2 Å². The average molecular weight is 281 g/mol. The number of aryl methyl sites for hydroxylation is 2. The maximum absolute atomic E-state index is 11.7. The van der Waals surface area contributed by atoms with Crippen LogP contribution >= 0.6 is 11.6 Å². The first-order chi connectivity index (χ1) is 9.06. The van der Waals surface area contributed by atoms with Crippen molar-refractivity contribution in [2.45, 2.75) is 26.9 Å². The number of hydrogen-bond acceptors (Lipinski definition) is 5. The van der Waals surface area contributed by atoms with Gasteiger partial charge in [-0.25, -0.2) is 4.98 Å². The summed E-state index contributed by atoms with van der Waals surface area (Å²) in [6, 6.07) is 3.41. The van der Waals surface area contributed by atoms with Crippen LogP contribution in [0.25, 0.3) is 0 Å². The van der Waals surface area contributed by atoms with Gasteiger partial charge >= 0.3 is 5.97 Å². The second kappa shape index (κ2) is 5.84. The van der Waals surface area contributed by atoms with Gasteiger partial charge < -0.3 is 9.26 Å². The molecule has 0 aliphatic heterocycles. The quantitative estimate of drug-likeness (QED) is 0.636. The number of carbonyl (C=O) groups is 1. The fraction of sp³-hybridized carbons (Fsp3) is 0.308. The molecule has 0 bridgehead atoms. The highest BCUT2D eigenvalue weighted by molar-refractivity contribution is 6.29. The predicted octanol–water partition coefficient (Wildman–Crippen LogP) is 2.63. The lowest BCUT2D eigenvalue weighted by Gasteiger charge is -2.04. The van der Waals surface area contributed by atoms with E-state index in [2.05, 4.69) is 10.1 Å². The molecule has 5 nitrogen and oxygen atoms in total. The van der Waals surface area contributed by atoms with Crippen molar-refractivity contribution < 1.29 is 14.1 Å². The molecule has 0 fully saturated rings. The van der Waals surface area contributed by atoms with Gasteiger partial charge in [0, 0.05) is 17.3 Å². The molecule has 0 radical (unpaired) electrons. The van der Waals surface area contributed by atoms with E-state index < -0.39 is 0 Å². The van der Waals surface area contributed by atoms with Crippen LogP contribution in [-0.4, -0.2) is 16.1 Å². The normalized spacial score (nSPS) is 10.5. The van der Waals surface area contributed by atoms with Gasteiger partial charge in [0.1, 0.15) is 17.5 Å². The molecule has 0 unspecified atom stereocenters. The first-order valence-corrected chi connectivity index (χ1v) is 6.12. The van der Waals surface area contributed by atoms with Gasteiger partial charge in [0.25, 0.3) is 0 Å². The Balaban J connectivity index is 1.90. The highest BCUT2D eigenvalue weighted by atomic mass is 35.5. The monoisotopic (exact) mass is 280 g/mol. The van der Waals surface area contributed by atoms with Gasteiger partial charge in [-0.05, 0) is 19.9 Å². The lowest BCUT2D eigenvalue weighted by Crippen LogP contribution is -2.09. The molecule has 0 amide bonds. The van der Waals surface area contributed by atoms with Crippen LogP contribution in [0.3, 0.4) is 0 Å². The number of hydrogen-bond donors (Lipinski definition) is 0. The Bertz CT molecular complexity index is 559. The van der Waals surface area contributed by atoms with Gasteiger partial charge in [-0.3, -0.25) is 4.79 Å². The summed E-state index contributed by atoms with van der Waals surface area (Å²) in [5.74, 6) is 0.312. The second-order valence-corrected chi connectivity index (χ2v) is 4.52. The summed E-state index contributed by atoms with van der Waals surface area (Å²) in [6.07, 6.45) is 1.73. The molecule has 0 saturated heterocycles. The van der Waals surface area contributed by atoms with Crippen molar-refractivity contribution in [1.82, 2.24) is 10.1 Å². The maximum Gasteiger partial charge on any atom is 0.310 e. The Morgan fingerprint density at radius 3 is 2.79 bits per heavy atom. The van der Waals surface area contributed by atoms with E-state index in [0.717, 1.165) is 11.1 Å². The van der Waals surface area contributed by atoms with Crippen LogP contribution in [0, 0.1) is 13.8 Å². The molecule has 2 aromatic heterocycles. The largest absolute Gasteiger partial charge is 0.460 e. The number of aromatic nitrogens is 2. The van der Waals surface area contributed by atoms with Gasteiger partial charge in [0.2, 0.25) is 0 Å². The molecule has 100 valence electrons. The minimum absolute atomic E-state index is 0.155. The smallest absolute Gasteiger partial charge is 0.310 e. The summed E-state index contributed by atoms with van der Waals surface area (Å²) in [5, 5.41) is 4.20. The summed E-state index contributed by atoms with van der Waals surface area (Å²) in [5.41, 5.74) is 2.28. The summed E-state index contributed by atoms with van der Waals surface area (Å²) >= 11 is 5.67. The molecule has 0 N–H and O–H groups in total. The molecule has 0 atom stereocenters. The fourth-order valence-corrected chi connectivity index (χ4v) is 1.72. The van der Waals surface area contributed by atoms with Crippen molar-refractivity contribution in [2.24, 2.45) is 0 Å². The van der Waals surface area contributed by atoms with Crippen LogP contribution in [0.15, 0.2) is 22.9 Å². The molecular formula is C13H13ClN2O3. The summed E-state index contributed by atoms with van der Waals surface area (Å²) in [7, 11) is 0. The van der Waals surface area contributed by atoms with Gasteiger partial charge in [-0.15, -0.1) is 0 Å². The Morgan fingerprint density at radius 2 is 2.21 bits per heavy atom. The highest BCUT2D eigenvalue weighted by Gasteiger charge is 2.14. The molecule has 2 heterocycles. The number of rotatable bonds is 4. The molecule has 2 rings (SSSR count). The Labute approximate surface area is 115 Å². The van der Waals surface area contributed by atoms with Gasteiger partial charge in [0.15, 0.2) is 0 Å². The Kier molecular flexibility index (Phi) is 4.16. The van der Waals surface area contributed by atoms with E-state index in [9.17, 15) is 4.79 Å². The van der Waals surface area contributed by atoms with E-state index in [0.29, 0.717) is 16.6 Å². The van der Waals surface area contributed by atoms with Crippen molar-refractivity contribution in [3.63, 3.8) is 0 Å². The number of halogens is 1. The van der Waals surface area contributed by atoms with Gasteiger partial charge in [-0.1, -0.05) is 22.8 Å². The van der Waals surface area contributed by atoms with E-state index in [-0.39, 0.29) is 19.0 Å². The van der Waals surface area contributed by atoms with Gasteiger partial charge in [0.05, 0.1) is 12.1 Å². The number of pyridine rings is 1. The molecule has 0 aliphatic rings. The number of nitrogens with zero attached hydrogens (tertiary/aromatic N) is 2. The standard InChI is InChI=1S/C13H13ClN2O3/c1-8-11(9(2)19-16-8)5-13(17)18-7-10-3-4-12(14)15-6-10/h3-4,6H,5,7H2,1-2H3. The molecule has 0 saturated carbocycles. The fourth-order valence-electron chi connectivity index (χ4n) is 1.61. The van der Waals surface area contributed by atoms with E-state index in [1.54, 1.807) is 32.2 Å². The maximum atomic E-state index is 11.7. The van der Waals surface area contributed by atoms with E-state index in [1.807, 2.05) is 0 Å². The zero-order valence-electron chi connectivity index (χ0n) is 10.6. The third kappa shape index (κ3) is 3.54. The lowest BCUT2D eigenvalue weighted by atomic mass is 10.1. The van der Waals surface area contributed by atoms with Crippen LogP contribution in [0.1, 0.15) is 22.6 Å². The molecule has 0 aliphatic carbocycles. The van der Waals surface area contributed by atoms with Crippen LogP contribution in [0.4, 0.5) is 0 Å². The summed E-state index contributed by atoms with van der Waals surface area (Å²) in [6.45, 7) is 3.74. The number of esters is 1. The third-order valence-electron chi connectivity index (χ3n) is 2.69. The number of ether oxygens (including phenoxy) is 1. The average Bonchev–Trinajstić information content (AvgIpc) is 2.70. The van der Waals surface area contributed by atoms with Crippen LogP contribution in [0.2, 0.25) is 5.15 Å². The number of carbonyl (C=O) groups excluding carboxylic acids is 1. The summed E-state index contributed by atoms with van der Waals surface area (Å²) < 4.78 is 10.1. The zero-order valence-corrected chi connectivity index (χ0v) is 11.4. The third-order valence-corrected chi connectivity index (χ3v) is 2.91. The van der Waals surface area contributed by atoms with Crippen molar-refractivity contribution in [1.29, 1.82) is 0 Å². The van der Waals surface area contributed by atoms with Crippen molar-refractivity contribution in [2.75, 3.05) is 0 Å². The predicted molar refractivity (Wildman–Crippen MR) is 68.7 cm³/mol. The van der Waals surface area contributed by atoms with E-state index in [4.69, 9.17) is 20.9 Å². The minimum atomic E-state index is -0.329. The van der Waals surface area contributed by atoms with Gasteiger partial charge in [-0.2, -0.15) is 0 Å². The Morgan fingerprint density at radius 1 is 1.42 bits per heavy atom. The van der Waals surface area contributed by atoms with Crippen LogP contribution in [-0.2, 0) is 22.6 Å². The molecule has 0 aromatic carbocycles. The molecular weight excluding hydrogens is 268 g/mol. The van der Waals surface area contributed by atoms with Crippen LogP contribution < -0.4 is 0 Å². The van der Waals surface area contributed by atoms with Crippen molar-refractivity contribution in [3.8, 4) is 0 Å². The van der Waals surface area contributed by atoms with Crippen molar-refractivity contribution in [3.05, 3.63) is 46.1 Å². The molecule has 0 spiro atoms. The van der Waals surface area contributed by atoms with Crippen LogP contribution in [0.5, 0.6) is 0 Å². The first kappa shape index (κ1) is 13.5. The SMILES string of the molecule is Cc1noc(C)c1CC(=O)OCc1ccc(Cl)nc1. The second-order valence-electron chi connectivity index (χ2n) is 4.13.